The number of carbonyl (C=O) groups excluding carboxylic acids is 3. The highest BCUT2D eigenvalue weighted by atomic mass is 16.5. The third-order valence-electron chi connectivity index (χ3n) is 7.70. The second kappa shape index (κ2) is 12.9. The van der Waals surface area contributed by atoms with Gasteiger partial charge in [-0.1, -0.05) is 43.3 Å². The lowest BCUT2D eigenvalue weighted by Gasteiger charge is -2.38. The third-order valence-corrected chi connectivity index (χ3v) is 7.70. The topological polar surface area (TPSA) is 124 Å². The van der Waals surface area contributed by atoms with Crippen molar-refractivity contribution in [3.8, 4) is 5.75 Å². The summed E-state index contributed by atoms with van der Waals surface area (Å²) < 4.78 is 6.41. The minimum Gasteiger partial charge on any atom is -0.487 e. The van der Waals surface area contributed by atoms with E-state index in [0.29, 0.717) is 29.2 Å². The minimum absolute atomic E-state index is 0.176. The number of aliphatic hydroxyl groups excluding tert-OH is 1. The highest BCUT2D eigenvalue weighted by Gasteiger charge is 2.34. The molecule has 10 heteroatoms. The number of nitrogens with one attached hydrogen (secondary N) is 2. The SMILES string of the molecule is C[C@H]1CN([C@@H](C)CO)C(=O)c2cc(NC(=O)c3ccncc3)ccc2O[C@@H]1CN(C)C(=O)Nc1cccc2ccccc12. The lowest BCUT2D eigenvalue weighted by atomic mass is 9.99. The molecule has 222 valence electrons. The summed E-state index contributed by atoms with van der Waals surface area (Å²) in [6, 6.07) is 20.9. The summed E-state index contributed by atoms with van der Waals surface area (Å²) in [6.45, 7) is 4.07. The summed E-state index contributed by atoms with van der Waals surface area (Å²) in [4.78, 5) is 46.9. The zero-order valence-electron chi connectivity index (χ0n) is 24.4. The molecule has 1 aromatic heterocycles. The monoisotopic (exact) mass is 581 g/mol. The molecule has 5 rings (SSSR count). The highest BCUT2D eigenvalue weighted by Crippen LogP contribution is 2.31. The number of benzene rings is 3. The van der Waals surface area contributed by atoms with Gasteiger partial charge in [0.25, 0.3) is 11.8 Å². The molecule has 0 spiro atoms. The number of aromatic nitrogens is 1. The van der Waals surface area contributed by atoms with Crippen LogP contribution in [-0.4, -0.2) is 76.6 Å². The Labute approximate surface area is 250 Å². The van der Waals surface area contributed by atoms with Crippen molar-refractivity contribution in [1.29, 1.82) is 0 Å². The van der Waals surface area contributed by atoms with Gasteiger partial charge in [0, 0.05) is 48.5 Å². The smallest absolute Gasteiger partial charge is 0.321 e. The Balaban J connectivity index is 1.38. The van der Waals surface area contributed by atoms with Gasteiger partial charge in [0.05, 0.1) is 30.4 Å². The number of likely N-dealkylation sites (N-methyl/N-ethyl adjacent to an activating group) is 1. The van der Waals surface area contributed by atoms with E-state index >= 15 is 0 Å². The Hall–Kier alpha value is -4.96. The molecule has 1 aliphatic rings. The first kappa shape index (κ1) is 29.5. The second-order valence-electron chi connectivity index (χ2n) is 10.9. The first-order chi connectivity index (χ1) is 20.7. The predicted molar refractivity (Wildman–Crippen MR) is 165 cm³/mol. The largest absolute Gasteiger partial charge is 0.487 e. The van der Waals surface area contributed by atoms with Crippen molar-refractivity contribution >= 4 is 40.0 Å². The van der Waals surface area contributed by atoms with Crippen LogP contribution in [0.4, 0.5) is 16.2 Å². The predicted octanol–water partition coefficient (Wildman–Crippen LogP) is 4.87. The van der Waals surface area contributed by atoms with Gasteiger partial charge in [0.1, 0.15) is 11.9 Å². The molecule has 0 aliphatic carbocycles. The van der Waals surface area contributed by atoms with Crippen LogP contribution in [0.3, 0.4) is 0 Å². The number of nitrogens with zero attached hydrogens (tertiary/aromatic N) is 3. The maximum absolute atomic E-state index is 13.7. The molecule has 4 amide bonds. The molecule has 0 bridgehead atoms. The van der Waals surface area contributed by atoms with Gasteiger partial charge in [-0.3, -0.25) is 14.6 Å². The summed E-state index contributed by atoms with van der Waals surface area (Å²) in [7, 11) is 1.70. The van der Waals surface area contributed by atoms with Crippen LogP contribution in [0.1, 0.15) is 34.6 Å². The fourth-order valence-corrected chi connectivity index (χ4v) is 5.12. The molecule has 4 aromatic rings. The Bertz CT molecular complexity index is 1620. The molecule has 3 atom stereocenters. The Morgan fingerprint density at radius 1 is 1.07 bits per heavy atom. The van der Waals surface area contributed by atoms with Crippen molar-refractivity contribution in [2.24, 2.45) is 5.92 Å². The summed E-state index contributed by atoms with van der Waals surface area (Å²) >= 11 is 0. The van der Waals surface area contributed by atoms with Crippen molar-refractivity contribution in [2.45, 2.75) is 26.0 Å². The van der Waals surface area contributed by atoms with E-state index in [1.807, 2.05) is 49.4 Å². The van der Waals surface area contributed by atoms with Crippen LogP contribution in [0.5, 0.6) is 5.75 Å². The molecular weight excluding hydrogens is 546 g/mol. The van der Waals surface area contributed by atoms with E-state index in [1.165, 1.54) is 12.4 Å². The quantitative estimate of drug-likeness (QED) is 0.286. The summed E-state index contributed by atoms with van der Waals surface area (Å²) in [5, 5.41) is 17.7. The first-order valence-electron chi connectivity index (χ1n) is 14.2. The maximum atomic E-state index is 13.7. The van der Waals surface area contributed by atoms with Gasteiger partial charge in [-0.2, -0.15) is 0 Å². The lowest BCUT2D eigenvalue weighted by molar-refractivity contribution is 0.0371. The number of hydrogen-bond acceptors (Lipinski definition) is 6. The number of pyridine rings is 1. The number of urea groups is 1. The molecule has 3 aromatic carbocycles. The molecule has 0 unspecified atom stereocenters. The van der Waals surface area contributed by atoms with Crippen molar-refractivity contribution in [3.63, 3.8) is 0 Å². The van der Waals surface area contributed by atoms with Crippen LogP contribution in [-0.2, 0) is 0 Å². The van der Waals surface area contributed by atoms with Crippen LogP contribution in [0, 0.1) is 5.92 Å². The van der Waals surface area contributed by atoms with Crippen LogP contribution in [0.15, 0.2) is 85.2 Å². The molecule has 43 heavy (non-hydrogen) atoms. The number of anilines is 2. The standard InChI is InChI=1S/C33H35N5O5/c1-21-18-38(22(2)20-39)32(41)27-17-25(35-31(40)24-13-15-34-16-14-24)11-12-29(27)43-30(21)19-37(3)33(42)36-28-10-6-8-23-7-4-5-9-26(23)28/h4-17,21-22,30,39H,18-20H2,1-3H3,(H,35,40)(H,36,42)/t21-,22-,30+/m0/s1. The van der Waals surface area contributed by atoms with Gasteiger partial charge >= 0.3 is 6.03 Å². The molecule has 10 nitrogen and oxygen atoms in total. The lowest BCUT2D eigenvalue weighted by Crippen LogP contribution is -2.50. The zero-order chi connectivity index (χ0) is 30.5. The highest BCUT2D eigenvalue weighted by molar-refractivity contribution is 6.05. The minimum atomic E-state index is -0.472. The fraction of sp³-hybridized carbons (Fsp3) is 0.273. The maximum Gasteiger partial charge on any atom is 0.321 e. The van der Waals surface area contributed by atoms with Crippen LogP contribution < -0.4 is 15.4 Å². The molecule has 1 aliphatic heterocycles. The third kappa shape index (κ3) is 6.60. The Morgan fingerprint density at radius 3 is 2.58 bits per heavy atom. The van der Waals surface area contributed by atoms with E-state index in [1.54, 1.807) is 54.1 Å². The normalized spacial score (nSPS) is 17.2. The number of amides is 4. The molecule has 0 saturated heterocycles. The first-order valence-corrected chi connectivity index (χ1v) is 14.2. The molecular formula is C33H35N5O5. The van der Waals surface area contributed by atoms with Crippen molar-refractivity contribution in [2.75, 3.05) is 37.4 Å². The van der Waals surface area contributed by atoms with Gasteiger partial charge in [-0.05, 0) is 48.7 Å². The van der Waals surface area contributed by atoms with Crippen LogP contribution in [0.25, 0.3) is 10.8 Å². The molecule has 0 saturated carbocycles. The number of rotatable bonds is 7. The van der Waals surface area contributed by atoms with E-state index in [-0.39, 0.29) is 42.5 Å². The van der Waals surface area contributed by atoms with Crippen LogP contribution >= 0.6 is 0 Å². The van der Waals surface area contributed by atoms with Gasteiger partial charge < -0.3 is 30.3 Å². The van der Waals surface area contributed by atoms with Crippen molar-refractivity contribution in [1.82, 2.24) is 14.8 Å². The van der Waals surface area contributed by atoms with E-state index in [2.05, 4.69) is 15.6 Å². The number of fused-ring (bicyclic) bond motifs is 2. The van der Waals surface area contributed by atoms with Crippen molar-refractivity contribution < 1.29 is 24.2 Å². The summed E-state index contributed by atoms with van der Waals surface area (Å²) in [5.41, 5.74) is 1.82. The van der Waals surface area contributed by atoms with E-state index in [0.717, 1.165) is 10.8 Å². The number of ether oxygens (including phenoxy) is 1. The average Bonchev–Trinajstić information content (AvgIpc) is 3.03. The van der Waals surface area contributed by atoms with Gasteiger partial charge in [0.2, 0.25) is 0 Å². The van der Waals surface area contributed by atoms with Crippen molar-refractivity contribution in [3.05, 3.63) is 96.3 Å². The van der Waals surface area contributed by atoms with Crippen LogP contribution in [0.2, 0.25) is 0 Å². The Kier molecular flexibility index (Phi) is 8.87. The van der Waals surface area contributed by atoms with E-state index in [4.69, 9.17) is 4.74 Å². The molecule has 0 radical (unpaired) electrons. The average molecular weight is 582 g/mol. The second-order valence-corrected chi connectivity index (χ2v) is 10.9. The van der Waals surface area contributed by atoms with Gasteiger partial charge in [-0.15, -0.1) is 0 Å². The summed E-state index contributed by atoms with van der Waals surface area (Å²) in [5.74, 6) is -0.497. The number of hydrogen-bond donors (Lipinski definition) is 3. The fourth-order valence-electron chi connectivity index (χ4n) is 5.12. The van der Waals surface area contributed by atoms with Gasteiger partial charge in [-0.25, -0.2) is 4.79 Å². The molecule has 3 N–H and O–H groups in total. The van der Waals surface area contributed by atoms with E-state index in [9.17, 15) is 19.5 Å². The zero-order valence-corrected chi connectivity index (χ0v) is 24.4. The van der Waals surface area contributed by atoms with E-state index < -0.39 is 12.1 Å². The van der Waals surface area contributed by atoms with Gasteiger partial charge in [0.15, 0.2) is 0 Å². The summed E-state index contributed by atoms with van der Waals surface area (Å²) in [6.07, 6.45) is 2.59. The Morgan fingerprint density at radius 2 is 1.81 bits per heavy atom. The number of aliphatic hydroxyl groups is 1. The number of carbonyl (C=O) groups is 3. The molecule has 0 fully saturated rings. The molecule has 2 heterocycles.